The van der Waals surface area contributed by atoms with Gasteiger partial charge in [-0.1, -0.05) is 12.1 Å². The highest BCUT2D eigenvalue weighted by molar-refractivity contribution is 5.72. The molecule has 2 N–H and O–H groups in total. The average Bonchev–Trinajstić information content (AvgIpc) is 3.36. The van der Waals surface area contributed by atoms with Crippen LogP contribution in [0.3, 0.4) is 0 Å². The van der Waals surface area contributed by atoms with Gasteiger partial charge in [-0.2, -0.15) is 9.78 Å². The first kappa shape index (κ1) is 19.8. The molecule has 6 heteroatoms. The summed E-state index contributed by atoms with van der Waals surface area (Å²) >= 11 is 0. The number of phenolic OH excluding ortho intramolecular Hbond substituents is 1. The first-order chi connectivity index (χ1) is 15.4. The summed E-state index contributed by atoms with van der Waals surface area (Å²) in [6.07, 6.45) is 10.1. The number of hydrogen-bond donors (Lipinski definition) is 2. The quantitative estimate of drug-likeness (QED) is 0.678. The van der Waals surface area contributed by atoms with Crippen molar-refractivity contribution in [2.45, 2.75) is 88.7 Å². The van der Waals surface area contributed by atoms with Gasteiger partial charge in [0.25, 0.3) is 0 Å². The molecule has 6 aliphatic rings. The number of aromatic hydroxyl groups is 1. The van der Waals surface area contributed by atoms with E-state index in [4.69, 9.17) is 14.5 Å². The number of fused-ring (bicyclic) bond motifs is 4. The van der Waals surface area contributed by atoms with Gasteiger partial charge in [0, 0.05) is 43.7 Å². The predicted molar refractivity (Wildman–Crippen MR) is 115 cm³/mol. The summed E-state index contributed by atoms with van der Waals surface area (Å²) in [7, 11) is 0. The molecular formula is C26H33NO5. The van der Waals surface area contributed by atoms with Gasteiger partial charge >= 0.3 is 0 Å². The Balaban J connectivity index is 1.06. The van der Waals surface area contributed by atoms with E-state index in [9.17, 15) is 9.90 Å². The van der Waals surface area contributed by atoms with Crippen LogP contribution in [-0.2, 0) is 25.9 Å². The third kappa shape index (κ3) is 2.55. The van der Waals surface area contributed by atoms with E-state index in [1.54, 1.807) is 6.07 Å². The zero-order chi connectivity index (χ0) is 21.7. The van der Waals surface area contributed by atoms with Crippen LogP contribution in [0.4, 0.5) is 0 Å². The molecule has 4 unspecified atom stereocenters. The van der Waals surface area contributed by atoms with Crippen molar-refractivity contribution in [2.75, 3.05) is 0 Å². The molecule has 1 heterocycles. The minimum absolute atomic E-state index is 0.0966. The third-order valence-electron chi connectivity index (χ3n) is 10.2. The van der Waals surface area contributed by atoms with Crippen LogP contribution < -0.4 is 5.32 Å². The van der Waals surface area contributed by atoms with Crippen molar-refractivity contribution in [1.82, 2.24) is 5.32 Å². The van der Waals surface area contributed by atoms with Gasteiger partial charge in [0.15, 0.2) is 0 Å². The fourth-order valence-electron chi connectivity index (χ4n) is 8.68. The smallest absolute Gasteiger partial charge is 0.217 e. The molecule has 4 atom stereocenters. The van der Waals surface area contributed by atoms with Crippen LogP contribution in [-0.4, -0.2) is 22.6 Å². The Hall–Kier alpha value is -1.63. The van der Waals surface area contributed by atoms with E-state index in [1.165, 1.54) is 44.6 Å². The first-order valence-corrected chi connectivity index (χ1v) is 12.5. The number of hydrogen-bond acceptors (Lipinski definition) is 5. The van der Waals surface area contributed by atoms with E-state index in [0.717, 1.165) is 43.1 Å². The lowest BCUT2D eigenvalue weighted by atomic mass is 9.56. The summed E-state index contributed by atoms with van der Waals surface area (Å²) in [5, 5.41) is 13.0. The van der Waals surface area contributed by atoms with Crippen molar-refractivity contribution in [2.24, 2.45) is 29.1 Å². The third-order valence-corrected chi connectivity index (χ3v) is 10.2. The maximum absolute atomic E-state index is 11.3. The molecule has 3 bridgehead atoms. The molecule has 0 aromatic heterocycles. The summed E-state index contributed by atoms with van der Waals surface area (Å²) in [5.74, 6) is 2.25. The summed E-state index contributed by atoms with van der Waals surface area (Å²) in [4.78, 5) is 23.6. The Labute approximate surface area is 188 Å². The van der Waals surface area contributed by atoms with Gasteiger partial charge in [0.05, 0.1) is 0 Å². The molecule has 3 spiro atoms. The van der Waals surface area contributed by atoms with Gasteiger partial charge in [0.2, 0.25) is 17.5 Å². The Kier molecular flexibility index (Phi) is 4.01. The number of benzene rings is 1. The second kappa shape index (κ2) is 6.49. The highest BCUT2D eigenvalue weighted by Gasteiger charge is 2.77. The first-order valence-electron chi connectivity index (χ1n) is 12.5. The maximum atomic E-state index is 11.3. The number of ether oxygens (including phenoxy) is 1. The van der Waals surface area contributed by atoms with E-state index in [2.05, 4.69) is 5.32 Å². The highest BCUT2D eigenvalue weighted by Crippen LogP contribution is 2.79. The van der Waals surface area contributed by atoms with Crippen molar-refractivity contribution in [1.29, 1.82) is 0 Å². The monoisotopic (exact) mass is 439 g/mol. The van der Waals surface area contributed by atoms with Crippen LogP contribution in [0.15, 0.2) is 18.2 Å². The van der Waals surface area contributed by atoms with Crippen molar-refractivity contribution < 1.29 is 24.4 Å². The molecule has 1 amide bonds. The largest absolute Gasteiger partial charge is 0.508 e. The molecule has 1 saturated heterocycles. The standard InChI is InChI=1S/C26H33NO5/c1-15(28)27-14-18-8-17(2-3-23(18)29)16-4-6-25(7-5-16)30-26(32-31-25)21-10-19-9-20-11-22(26)13-24(19,20)12-21/h2-3,8,16,19-22,29H,4-7,9-14H2,1H3,(H,27,28)/t16-,19?,20?,21?,22?,24?,25+,26?. The summed E-state index contributed by atoms with van der Waals surface area (Å²) in [6.45, 7) is 1.84. The Morgan fingerprint density at radius 1 is 1.06 bits per heavy atom. The fourth-order valence-corrected chi connectivity index (χ4v) is 8.68. The summed E-state index contributed by atoms with van der Waals surface area (Å²) < 4.78 is 6.90. The Bertz CT molecular complexity index is 943. The van der Waals surface area contributed by atoms with Crippen molar-refractivity contribution in [3.63, 3.8) is 0 Å². The van der Waals surface area contributed by atoms with E-state index in [-0.39, 0.29) is 11.7 Å². The number of carbonyl (C=O) groups excluding carboxylic acids is 1. The van der Waals surface area contributed by atoms with E-state index in [0.29, 0.717) is 29.7 Å². The zero-order valence-corrected chi connectivity index (χ0v) is 18.8. The molecule has 1 aliphatic heterocycles. The molecule has 5 aliphatic carbocycles. The van der Waals surface area contributed by atoms with Crippen LogP contribution in [0.5, 0.6) is 5.75 Å². The molecule has 1 aromatic carbocycles. The van der Waals surface area contributed by atoms with Gasteiger partial charge in [-0.3, -0.25) is 4.79 Å². The van der Waals surface area contributed by atoms with E-state index < -0.39 is 11.6 Å². The van der Waals surface area contributed by atoms with Gasteiger partial charge < -0.3 is 15.2 Å². The number of rotatable bonds is 3. The van der Waals surface area contributed by atoms with Gasteiger partial charge in [-0.25, -0.2) is 0 Å². The Morgan fingerprint density at radius 3 is 2.44 bits per heavy atom. The highest BCUT2D eigenvalue weighted by atomic mass is 17.3. The molecule has 6 nitrogen and oxygen atoms in total. The van der Waals surface area contributed by atoms with Gasteiger partial charge in [-0.05, 0) is 79.7 Å². The fraction of sp³-hybridized carbons (Fsp3) is 0.731. The second-order valence-electron chi connectivity index (χ2n) is 11.6. The molecule has 7 rings (SSSR count). The number of phenols is 1. The van der Waals surface area contributed by atoms with Gasteiger partial charge in [0.1, 0.15) is 5.75 Å². The SMILES string of the molecule is CC(=O)NCc1cc([C@H]2CC[C@]3(CC2)OO[C@]2(O3)C3CC4CC5CC2CC45C3)ccc1O. The van der Waals surface area contributed by atoms with Crippen molar-refractivity contribution in [3.8, 4) is 5.75 Å². The van der Waals surface area contributed by atoms with E-state index >= 15 is 0 Å². The number of amides is 1. The lowest BCUT2D eigenvalue weighted by molar-refractivity contribution is -0.374. The minimum atomic E-state index is -0.595. The number of carbonyl (C=O) groups is 1. The number of nitrogens with one attached hydrogen (secondary N) is 1. The zero-order valence-electron chi connectivity index (χ0n) is 18.8. The molecule has 1 aromatic rings. The summed E-state index contributed by atoms with van der Waals surface area (Å²) in [5.41, 5.74) is 2.61. The van der Waals surface area contributed by atoms with Crippen LogP contribution in [0.25, 0.3) is 0 Å². The lowest BCUT2D eigenvalue weighted by Gasteiger charge is -2.49. The van der Waals surface area contributed by atoms with Crippen LogP contribution in [0.2, 0.25) is 0 Å². The molecule has 0 radical (unpaired) electrons. The molecular weight excluding hydrogens is 406 g/mol. The van der Waals surface area contributed by atoms with Crippen LogP contribution >= 0.6 is 0 Å². The maximum Gasteiger partial charge on any atom is 0.217 e. The normalized spacial score (nSPS) is 47.7. The topological polar surface area (TPSA) is 77.0 Å². The van der Waals surface area contributed by atoms with Crippen LogP contribution in [0.1, 0.15) is 81.8 Å². The summed E-state index contributed by atoms with van der Waals surface area (Å²) in [6, 6.07) is 5.79. The average molecular weight is 440 g/mol. The molecule has 32 heavy (non-hydrogen) atoms. The van der Waals surface area contributed by atoms with Crippen LogP contribution in [0, 0.1) is 29.1 Å². The molecule has 6 fully saturated rings. The van der Waals surface area contributed by atoms with Gasteiger partial charge in [-0.15, -0.1) is 0 Å². The second-order valence-corrected chi connectivity index (χ2v) is 11.6. The molecule has 172 valence electrons. The Morgan fingerprint density at radius 2 is 1.75 bits per heavy atom. The minimum Gasteiger partial charge on any atom is -0.508 e. The molecule has 5 saturated carbocycles. The van der Waals surface area contributed by atoms with E-state index in [1.807, 2.05) is 12.1 Å². The van der Waals surface area contributed by atoms with Crippen molar-refractivity contribution in [3.05, 3.63) is 29.3 Å². The lowest BCUT2D eigenvalue weighted by Crippen LogP contribution is -2.50. The van der Waals surface area contributed by atoms with Crippen molar-refractivity contribution >= 4 is 5.91 Å². The predicted octanol–water partition coefficient (Wildman–Crippen LogP) is 4.51.